The average Bonchev–Trinajstić information content (AvgIpc) is 3.15. The Morgan fingerprint density at radius 1 is 0.972 bits per heavy atom. The number of carbonyl (C=O) groups is 3. The molecule has 1 unspecified atom stereocenters. The van der Waals surface area contributed by atoms with Gasteiger partial charge in [0.05, 0.1) is 26.4 Å². The van der Waals surface area contributed by atoms with Crippen LogP contribution in [0.2, 0.25) is 25.7 Å². The predicted octanol–water partition coefficient (Wildman–Crippen LogP) is 3.32. The molecule has 0 bridgehead atoms. The minimum absolute atomic E-state index is 0.0575. The smallest absolute Gasteiger partial charge is 0.255 e. The van der Waals surface area contributed by atoms with E-state index in [0.29, 0.717) is 63.9 Å². The van der Waals surface area contributed by atoms with E-state index in [1.807, 2.05) is 12.1 Å². The molecule has 1 aromatic carbocycles. The minimum Gasteiger partial charge on any atom is -0.491 e. The number of hydrogen-bond acceptors (Lipinski definition) is 7. The van der Waals surface area contributed by atoms with Gasteiger partial charge in [-0.2, -0.15) is 0 Å². The molecule has 2 aliphatic heterocycles. The van der Waals surface area contributed by atoms with Crippen molar-refractivity contribution in [2.24, 2.45) is 0 Å². The first-order valence-corrected chi connectivity index (χ1v) is 17.6. The zero-order valence-electron chi connectivity index (χ0n) is 21.4. The Kier molecular flexibility index (Phi) is 11.2. The highest BCUT2D eigenvalue weighted by Gasteiger charge is 2.42. The lowest BCUT2D eigenvalue weighted by atomic mass is 10.0. The Balaban J connectivity index is 1.51. The second-order valence-corrected chi connectivity index (χ2v) is 16.8. The van der Waals surface area contributed by atoms with Crippen molar-refractivity contribution in [1.82, 2.24) is 9.80 Å². The Bertz CT molecular complexity index is 924. The number of hydrogen-bond donors (Lipinski definition) is 0. The van der Waals surface area contributed by atoms with Crippen LogP contribution in [0.4, 0.5) is 0 Å². The molecule has 1 saturated heterocycles. The molecule has 0 saturated carbocycles. The molecule has 200 valence electrons. The molecule has 11 heteroatoms. The Morgan fingerprint density at radius 3 is 2.42 bits per heavy atom. The van der Waals surface area contributed by atoms with Gasteiger partial charge in [-0.3, -0.25) is 19.3 Å². The molecule has 0 radical (unpaired) electrons. The van der Waals surface area contributed by atoms with E-state index < -0.39 is 14.1 Å². The number of carbonyl (C=O) groups excluding carboxylic acids is 3. The van der Waals surface area contributed by atoms with Gasteiger partial charge in [0.25, 0.3) is 11.8 Å². The highest BCUT2D eigenvalue weighted by molar-refractivity contribution is 14.1. The normalized spacial score (nSPS) is 18.2. The van der Waals surface area contributed by atoms with Crippen molar-refractivity contribution in [2.75, 3.05) is 50.8 Å². The largest absolute Gasteiger partial charge is 0.491 e. The van der Waals surface area contributed by atoms with Crippen LogP contribution in [0.3, 0.4) is 0 Å². The number of ether oxygens (including phenoxy) is 4. The van der Waals surface area contributed by atoms with E-state index in [1.54, 1.807) is 11.0 Å². The molecule has 2 aliphatic rings. The van der Waals surface area contributed by atoms with Gasteiger partial charge in [-0.05, 0) is 30.2 Å². The third kappa shape index (κ3) is 8.23. The van der Waals surface area contributed by atoms with E-state index in [-0.39, 0.29) is 30.9 Å². The van der Waals surface area contributed by atoms with Crippen molar-refractivity contribution < 1.29 is 33.3 Å². The monoisotopic (exact) mass is 632 g/mol. The second kappa shape index (κ2) is 13.8. The number of halogens is 1. The zero-order valence-corrected chi connectivity index (χ0v) is 24.6. The number of imide groups is 1. The molecule has 2 heterocycles. The van der Waals surface area contributed by atoms with Gasteiger partial charge in [0.15, 0.2) is 0 Å². The first-order chi connectivity index (χ1) is 17.2. The van der Waals surface area contributed by atoms with E-state index >= 15 is 0 Å². The quantitative estimate of drug-likeness (QED) is 0.0964. The van der Waals surface area contributed by atoms with Crippen molar-refractivity contribution in [3.05, 3.63) is 29.3 Å². The van der Waals surface area contributed by atoms with Gasteiger partial charge in [0.1, 0.15) is 25.1 Å². The molecule has 36 heavy (non-hydrogen) atoms. The van der Waals surface area contributed by atoms with Crippen LogP contribution in [0.5, 0.6) is 5.75 Å². The fourth-order valence-electron chi connectivity index (χ4n) is 4.02. The third-order valence-electron chi connectivity index (χ3n) is 6.08. The molecule has 1 atom stereocenters. The van der Waals surface area contributed by atoms with E-state index in [4.69, 9.17) is 18.9 Å². The predicted molar refractivity (Wildman–Crippen MR) is 146 cm³/mol. The molecule has 9 nitrogen and oxygen atoms in total. The maximum absolute atomic E-state index is 13.2. The average molecular weight is 633 g/mol. The number of amides is 3. The molecule has 0 aromatic heterocycles. The minimum atomic E-state index is -1.27. The molecule has 1 fully saturated rings. The first kappa shape index (κ1) is 29.0. The Morgan fingerprint density at radius 2 is 1.69 bits per heavy atom. The number of piperidine rings is 1. The molecular formula is C25H37IN2O7Si. The van der Waals surface area contributed by atoms with E-state index in [1.165, 1.54) is 0 Å². The number of likely N-dealkylation sites (tertiary alicyclic amines) is 1. The van der Waals surface area contributed by atoms with Gasteiger partial charge in [-0.1, -0.05) is 48.3 Å². The summed E-state index contributed by atoms with van der Waals surface area (Å²) in [6.07, 6.45) is 0.538. The van der Waals surface area contributed by atoms with Crippen molar-refractivity contribution in [2.45, 2.75) is 51.1 Å². The van der Waals surface area contributed by atoms with Crippen LogP contribution < -0.4 is 4.74 Å². The highest BCUT2D eigenvalue weighted by Crippen LogP contribution is 2.31. The standard InChI is InChI=1S/C25H37IN2O7Si/c1-36(2,3)15-14-34-18-28-23(29)7-6-22(25(28)31)27-17-19-4-5-20(16-21(19)24(27)30)35-13-12-33-11-10-32-9-8-26/h4-5,16,22H,6-15,17-18H2,1-3H3. The van der Waals surface area contributed by atoms with Crippen molar-refractivity contribution >= 4 is 48.4 Å². The van der Waals surface area contributed by atoms with Crippen molar-refractivity contribution in [3.8, 4) is 5.75 Å². The van der Waals surface area contributed by atoms with Crippen molar-refractivity contribution in [3.63, 3.8) is 0 Å². The highest BCUT2D eigenvalue weighted by atomic mass is 127. The maximum atomic E-state index is 13.2. The Hall–Kier alpha value is -1.54. The number of fused-ring (bicyclic) bond motifs is 1. The summed E-state index contributed by atoms with van der Waals surface area (Å²) in [6.45, 7) is 10.1. The topological polar surface area (TPSA) is 94.6 Å². The summed E-state index contributed by atoms with van der Waals surface area (Å²) in [5, 5.41) is 0. The zero-order chi connectivity index (χ0) is 26.1. The van der Waals surface area contributed by atoms with Crippen molar-refractivity contribution in [1.29, 1.82) is 0 Å². The summed E-state index contributed by atoms with van der Waals surface area (Å²) < 4.78 is 23.2. The summed E-state index contributed by atoms with van der Waals surface area (Å²) in [4.78, 5) is 41.5. The van der Waals surface area contributed by atoms with Gasteiger partial charge in [-0.25, -0.2) is 0 Å². The number of rotatable bonds is 15. The van der Waals surface area contributed by atoms with E-state index in [9.17, 15) is 14.4 Å². The molecule has 3 rings (SSSR count). The van der Waals surface area contributed by atoms with Crippen LogP contribution in [0.15, 0.2) is 18.2 Å². The molecule has 0 N–H and O–H groups in total. The van der Waals surface area contributed by atoms with Crippen LogP contribution in [0, 0.1) is 0 Å². The lowest BCUT2D eigenvalue weighted by Gasteiger charge is -2.35. The lowest BCUT2D eigenvalue weighted by molar-refractivity contribution is -0.158. The molecule has 3 amide bonds. The first-order valence-electron chi connectivity index (χ1n) is 12.4. The Labute approximate surface area is 227 Å². The second-order valence-electron chi connectivity index (χ2n) is 10.1. The fraction of sp³-hybridized carbons (Fsp3) is 0.640. The van der Waals surface area contributed by atoms with Crippen LogP contribution in [-0.4, -0.2) is 92.4 Å². The van der Waals surface area contributed by atoms with Crippen LogP contribution in [-0.2, 0) is 30.3 Å². The van der Waals surface area contributed by atoms with Crippen LogP contribution in [0.25, 0.3) is 0 Å². The number of alkyl halides is 1. The number of nitrogens with zero attached hydrogens (tertiary/aromatic N) is 2. The maximum Gasteiger partial charge on any atom is 0.255 e. The summed E-state index contributed by atoms with van der Waals surface area (Å²) in [5.74, 6) is -0.248. The van der Waals surface area contributed by atoms with Gasteiger partial charge in [0.2, 0.25) is 5.91 Å². The summed E-state index contributed by atoms with van der Waals surface area (Å²) in [7, 11) is -1.27. The lowest BCUT2D eigenvalue weighted by Crippen LogP contribution is -2.55. The van der Waals surface area contributed by atoms with Gasteiger partial charge < -0.3 is 23.8 Å². The molecular weight excluding hydrogens is 595 g/mol. The van der Waals surface area contributed by atoms with Gasteiger partial charge in [0, 0.05) is 37.6 Å². The summed E-state index contributed by atoms with van der Waals surface area (Å²) in [5.41, 5.74) is 1.38. The van der Waals surface area contributed by atoms with Gasteiger partial charge in [-0.15, -0.1) is 0 Å². The molecule has 0 spiro atoms. The van der Waals surface area contributed by atoms with Crippen LogP contribution >= 0.6 is 22.6 Å². The fourth-order valence-corrected chi connectivity index (χ4v) is 5.09. The van der Waals surface area contributed by atoms with E-state index in [0.717, 1.165) is 20.9 Å². The molecule has 1 aromatic rings. The van der Waals surface area contributed by atoms with Crippen LogP contribution in [0.1, 0.15) is 28.8 Å². The van der Waals surface area contributed by atoms with Gasteiger partial charge >= 0.3 is 0 Å². The molecule has 0 aliphatic carbocycles. The summed E-state index contributed by atoms with van der Waals surface area (Å²) in [6, 6.07) is 5.68. The summed E-state index contributed by atoms with van der Waals surface area (Å²) >= 11 is 2.26. The number of benzene rings is 1. The third-order valence-corrected chi connectivity index (χ3v) is 8.22. The SMILES string of the molecule is C[Si](C)(C)CCOCN1C(=O)CCC(N2Cc3ccc(OCCOCCOCCI)cc3C2=O)C1=O. The van der Waals surface area contributed by atoms with E-state index in [2.05, 4.69) is 42.2 Å².